The second-order valence-electron chi connectivity index (χ2n) is 3.57. The Labute approximate surface area is 88.6 Å². The van der Waals surface area contributed by atoms with Gasteiger partial charge in [-0.15, -0.1) is 12.6 Å². The summed E-state index contributed by atoms with van der Waals surface area (Å²) in [5.74, 6) is -0.560. The molecule has 0 aliphatic rings. The summed E-state index contributed by atoms with van der Waals surface area (Å²) in [5, 5.41) is 8.81. The van der Waals surface area contributed by atoms with E-state index in [-0.39, 0.29) is 5.69 Å². The monoisotopic (exact) mass is 211 g/mol. The number of rotatable bonds is 3. The fourth-order valence-corrected chi connectivity index (χ4v) is 1.40. The van der Waals surface area contributed by atoms with Crippen LogP contribution in [0.1, 0.15) is 30.0 Å². The number of hydrogen-bond acceptors (Lipinski definition) is 3. The van der Waals surface area contributed by atoms with Crippen molar-refractivity contribution in [2.75, 3.05) is 0 Å². The molecule has 0 saturated carbocycles. The molecule has 3 nitrogen and oxygen atoms in total. The lowest BCUT2D eigenvalue weighted by Gasteiger charge is -2.06. The van der Waals surface area contributed by atoms with Crippen molar-refractivity contribution in [2.24, 2.45) is 5.92 Å². The molecular weight excluding hydrogens is 198 g/mol. The lowest BCUT2D eigenvalue weighted by Crippen LogP contribution is -2.06. The molecule has 1 rings (SSSR count). The third-order valence-corrected chi connectivity index (χ3v) is 2.11. The maximum absolute atomic E-state index is 10.7. The third kappa shape index (κ3) is 2.73. The van der Waals surface area contributed by atoms with Crippen LogP contribution in [0.5, 0.6) is 0 Å². The van der Waals surface area contributed by atoms with Gasteiger partial charge < -0.3 is 5.11 Å². The van der Waals surface area contributed by atoms with Crippen molar-refractivity contribution in [3.05, 3.63) is 23.5 Å². The first-order chi connectivity index (χ1) is 6.50. The van der Waals surface area contributed by atoms with Crippen LogP contribution in [0.25, 0.3) is 0 Å². The Bertz CT molecular complexity index is 350. The first kappa shape index (κ1) is 11.0. The molecule has 1 heterocycles. The van der Waals surface area contributed by atoms with Gasteiger partial charge in [0, 0.05) is 10.6 Å². The van der Waals surface area contributed by atoms with E-state index in [1.54, 1.807) is 6.07 Å². The summed E-state index contributed by atoms with van der Waals surface area (Å²) in [6.45, 7) is 4.13. The molecule has 0 spiro atoms. The molecule has 0 aromatic carbocycles. The van der Waals surface area contributed by atoms with Crippen molar-refractivity contribution < 1.29 is 9.90 Å². The Morgan fingerprint density at radius 2 is 2.21 bits per heavy atom. The second kappa shape index (κ2) is 4.46. The molecule has 0 bridgehead atoms. The number of carbonyl (C=O) groups is 1. The topological polar surface area (TPSA) is 50.2 Å². The highest BCUT2D eigenvalue weighted by atomic mass is 32.1. The lowest BCUT2D eigenvalue weighted by atomic mass is 10.1. The van der Waals surface area contributed by atoms with Gasteiger partial charge in [0.05, 0.1) is 0 Å². The highest BCUT2D eigenvalue weighted by Crippen LogP contribution is 2.14. The number of aromatic carboxylic acids is 1. The number of pyridine rings is 1. The minimum Gasteiger partial charge on any atom is -0.476 e. The minimum absolute atomic E-state index is 0.0338. The van der Waals surface area contributed by atoms with Gasteiger partial charge in [-0.25, -0.2) is 9.78 Å². The van der Waals surface area contributed by atoms with E-state index in [4.69, 9.17) is 5.11 Å². The van der Waals surface area contributed by atoms with Crippen molar-refractivity contribution >= 4 is 18.6 Å². The Hall–Kier alpha value is -1.03. The molecule has 76 valence electrons. The van der Waals surface area contributed by atoms with Crippen molar-refractivity contribution in [3.8, 4) is 0 Å². The summed E-state index contributed by atoms with van der Waals surface area (Å²) in [5.41, 5.74) is 0.835. The predicted octanol–water partition coefficient (Wildman–Crippen LogP) is 2.27. The van der Waals surface area contributed by atoms with Crippen LogP contribution in [0.3, 0.4) is 0 Å². The Morgan fingerprint density at radius 1 is 1.57 bits per heavy atom. The van der Waals surface area contributed by atoms with E-state index >= 15 is 0 Å². The molecule has 1 N–H and O–H groups in total. The molecule has 14 heavy (non-hydrogen) atoms. The van der Waals surface area contributed by atoms with Crippen molar-refractivity contribution in [2.45, 2.75) is 25.2 Å². The van der Waals surface area contributed by atoms with Crippen LogP contribution >= 0.6 is 12.6 Å². The highest BCUT2D eigenvalue weighted by Gasteiger charge is 2.10. The SMILES string of the molecule is CC(C)Cc1ccc(S)c(C(=O)O)n1. The fourth-order valence-electron chi connectivity index (χ4n) is 1.18. The molecule has 0 saturated heterocycles. The first-order valence-corrected chi connectivity index (χ1v) is 4.87. The van der Waals surface area contributed by atoms with Gasteiger partial charge in [-0.1, -0.05) is 13.8 Å². The van der Waals surface area contributed by atoms with Crippen LogP contribution in [0.4, 0.5) is 0 Å². The molecule has 0 aliphatic heterocycles. The lowest BCUT2D eigenvalue weighted by molar-refractivity contribution is 0.0686. The molecular formula is C10H13NO2S. The molecule has 1 aromatic heterocycles. The second-order valence-corrected chi connectivity index (χ2v) is 4.06. The normalized spacial score (nSPS) is 10.6. The van der Waals surface area contributed by atoms with Crippen LogP contribution in [0.15, 0.2) is 17.0 Å². The highest BCUT2D eigenvalue weighted by molar-refractivity contribution is 7.80. The number of aromatic nitrogens is 1. The molecule has 0 fully saturated rings. The number of hydrogen-bond donors (Lipinski definition) is 2. The van der Waals surface area contributed by atoms with Crippen LogP contribution in [0.2, 0.25) is 0 Å². The zero-order chi connectivity index (χ0) is 10.7. The average Bonchev–Trinajstić information content (AvgIpc) is 2.07. The van der Waals surface area contributed by atoms with E-state index in [0.29, 0.717) is 10.8 Å². The molecule has 4 heteroatoms. The molecule has 0 atom stereocenters. The smallest absolute Gasteiger partial charge is 0.355 e. The summed E-state index contributed by atoms with van der Waals surface area (Å²) in [4.78, 5) is 15.2. The number of carboxylic acids is 1. The zero-order valence-corrected chi connectivity index (χ0v) is 9.08. The number of nitrogens with zero attached hydrogens (tertiary/aromatic N) is 1. The largest absolute Gasteiger partial charge is 0.476 e. The van der Waals surface area contributed by atoms with E-state index in [1.165, 1.54) is 0 Å². The first-order valence-electron chi connectivity index (χ1n) is 4.43. The summed E-state index contributed by atoms with van der Waals surface area (Å²) in [6.07, 6.45) is 0.786. The van der Waals surface area contributed by atoms with Gasteiger partial charge in [0.1, 0.15) is 0 Å². The van der Waals surface area contributed by atoms with Gasteiger partial charge in [-0.05, 0) is 24.5 Å². The number of carboxylic acid groups (broad SMARTS) is 1. The van der Waals surface area contributed by atoms with Gasteiger partial charge in [0.25, 0.3) is 0 Å². The van der Waals surface area contributed by atoms with Crippen molar-refractivity contribution in [1.82, 2.24) is 4.98 Å². The van der Waals surface area contributed by atoms with Gasteiger partial charge in [0.15, 0.2) is 5.69 Å². The van der Waals surface area contributed by atoms with Crippen molar-refractivity contribution in [1.29, 1.82) is 0 Å². The number of thiol groups is 1. The standard InChI is InChI=1S/C10H13NO2S/c1-6(2)5-7-3-4-8(14)9(11-7)10(12)13/h3-4,6,14H,5H2,1-2H3,(H,12,13). The third-order valence-electron chi connectivity index (χ3n) is 1.75. The maximum Gasteiger partial charge on any atom is 0.355 e. The maximum atomic E-state index is 10.7. The van der Waals surface area contributed by atoms with Gasteiger partial charge in [-0.2, -0.15) is 0 Å². The zero-order valence-electron chi connectivity index (χ0n) is 8.19. The fraction of sp³-hybridized carbons (Fsp3) is 0.400. The van der Waals surface area contributed by atoms with E-state index in [2.05, 4.69) is 31.5 Å². The Morgan fingerprint density at radius 3 is 2.71 bits per heavy atom. The van der Waals surface area contributed by atoms with Gasteiger partial charge >= 0.3 is 5.97 Å². The molecule has 1 aromatic rings. The van der Waals surface area contributed by atoms with E-state index in [1.807, 2.05) is 6.07 Å². The van der Waals surface area contributed by atoms with Crippen LogP contribution in [0, 0.1) is 5.92 Å². The molecule has 0 amide bonds. The quantitative estimate of drug-likeness (QED) is 0.754. The van der Waals surface area contributed by atoms with Crippen LogP contribution in [-0.2, 0) is 6.42 Å². The van der Waals surface area contributed by atoms with E-state index < -0.39 is 5.97 Å². The van der Waals surface area contributed by atoms with Crippen molar-refractivity contribution in [3.63, 3.8) is 0 Å². The Balaban J connectivity index is 3.00. The summed E-state index contributed by atoms with van der Waals surface area (Å²) >= 11 is 4.03. The predicted molar refractivity (Wildman–Crippen MR) is 57.0 cm³/mol. The van der Waals surface area contributed by atoms with Crippen LogP contribution in [-0.4, -0.2) is 16.1 Å². The van der Waals surface area contributed by atoms with E-state index in [0.717, 1.165) is 12.1 Å². The molecule has 0 aliphatic carbocycles. The average molecular weight is 211 g/mol. The van der Waals surface area contributed by atoms with Crippen LogP contribution < -0.4 is 0 Å². The molecule has 0 radical (unpaired) electrons. The summed E-state index contributed by atoms with van der Waals surface area (Å²) in [7, 11) is 0. The van der Waals surface area contributed by atoms with Gasteiger partial charge in [-0.3, -0.25) is 0 Å². The van der Waals surface area contributed by atoms with E-state index in [9.17, 15) is 4.79 Å². The Kier molecular flexibility index (Phi) is 3.52. The summed E-state index contributed by atoms with van der Waals surface area (Å²) in [6, 6.07) is 3.49. The summed E-state index contributed by atoms with van der Waals surface area (Å²) < 4.78 is 0. The molecule has 0 unspecified atom stereocenters. The van der Waals surface area contributed by atoms with Gasteiger partial charge in [0.2, 0.25) is 0 Å². The minimum atomic E-state index is -1.03.